The van der Waals surface area contributed by atoms with Crippen LogP contribution in [-0.4, -0.2) is 43.2 Å². The number of carbonyl (C=O) groups excluding carboxylic acids is 1. The summed E-state index contributed by atoms with van der Waals surface area (Å²) in [6, 6.07) is 12.1. The lowest BCUT2D eigenvalue weighted by Gasteiger charge is -2.35. The normalized spacial score (nSPS) is 15.4. The lowest BCUT2D eigenvalue weighted by atomic mass is 9.82. The van der Waals surface area contributed by atoms with Crippen LogP contribution >= 0.6 is 0 Å². The Bertz CT molecular complexity index is 1470. The van der Waals surface area contributed by atoms with E-state index in [9.17, 15) is 14.3 Å². The van der Waals surface area contributed by atoms with Crippen LogP contribution in [0.4, 0.5) is 10.1 Å². The first-order chi connectivity index (χ1) is 18.0. The average molecular weight is 517 g/mol. The number of fused-ring (bicyclic) bond motifs is 5. The highest BCUT2D eigenvalue weighted by atomic mass is 19.1. The molecule has 0 saturated carbocycles. The summed E-state index contributed by atoms with van der Waals surface area (Å²) in [4.78, 5) is 10.9. The highest BCUT2D eigenvalue weighted by Crippen LogP contribution is 2.54. The first-order valence-electron chi connectivity index (χ1n) is 12.3. The summed E-state index contributed by atoms with van der Waals surface area (Å²) in [5.74, 6) is 1.40. The van der Waals surface area contributed by atoms with E-state index in [1.165, 1.54) is 24.1 Å². The zero-order chi connectivity index (χ0) is 27.8. The number of halogens is 1. The quantitative estimate of drug-likeness (QED) is 0.378. The molecule has 3 aromatic carbocycles. The maximum Gasteiger partial charge on any atom is 0.209 e. The SMILES string of the molecule is CN(C)C=O.COc1c(O)ccc2c1-c1ccc3c(c1/C(=C/c1ccc(F)cc1C)O2)C(C)=CC(C)(C)N3. The number of rotatable bonds is 3. The molecule has 0 saturated heterocycles. The molecule has 6 nitrogen and oxygen atoms in total. The predicted molar refractivity (Wildman–Crippen MR) is 151 cm³/mol. The van der Waals surface area contributed by atoms with Gasteiger partial charge in [-0.1, -0.05) is 18.2 Å². The average Bonchev–Trinajstić information content (AvgIpc) is 2.85. The first kappa shape index (κ1) is 26.8. The van der Waals surface area contributed by atoms with Gasteiger partial charge in [0, 0.05) is 36.5 Å². The molecule has 2 aliphatic heterocycles. The molecule has 0 radical (unpaired) electrons. The predicted octanol–water partition coefficient (Wildman–Crippen LogP) is 6.72. The van der Waals surface area contributed by atoms with Crippen molar-refractivity contribution < 1.29 is 23.8 Å². The summed E-state index contributed by atoms with van der Waals surface area (Å²) >= 11 is 0. The van der Waals surface area contributed by atoms with E-state index >= 15 is 0 Å². The van der Waals surface area contributed by atoms with Gasteiger partial charge in [-0.05, 0) is 80.8 Å². The van der Waals surface area contributed by atoms with Crippen molar-refractivity contribution in [2.45, 2.75) is 33.2 Å². The number of carbonyl (C=O) groups is 1. The molecule has 38 heavy (non-hydrogen) atoms. The molecule has 0 bridgehead atoms. The molecule has 7 heteroatoms. The zero-order valence-corrected chi connectivity index (χ0v) is 22.8. The second-order valence-corrected chi connectivity index (χ2v) is 10.3. The minimum atomic E-state index is -0.271. The van der Waals surface area contributed by atoms with Crippen molar-refractivity contribution in [2.24, 2.45) is 0 Å². The number of phenols is 1. The van der Waals surface area contributed by atoms with Gasteiger partial charge in [0.05, 0.1) is 18.2 Å². The smallest absolute Gasteiger partial charge is 0.209 e. The third kappa shape index (κ3) is 5.09. The second-order valence-electron chi connectivity index (χ2n) is 10.3. The van der Waals surface area contributed by atoms with Gasteiger partial charge in [-0.2, -0.15) is 0 Å². The Kier molecular flexibility index (Phi) is 7.22. The molecule has 0 fully saturated rings. The molecule has 2 aliphatic rings. The fourth-order valence-electron chi connectivity index (χ4n) is 4.89. The van der Waals surface area contributed by atoms with Crippen molar-refractivity contribution in [1.29, 1.82) is 0 Å². The maximum atomic E-state index is 13.7. The number of aromatic hydroxyl groups is 1. The number of allylic oxidation sites excluding steroid dienone is 1. The number of nitrogens with zero attached hydrogens (tertiary/aromatic N) is 1. The summed E-state index contributed by atoms with van der Waals surface area (Å²) in [6.45, 7) is 8.23. The monoisotopic (exact) mass is 516 g/mol. The van der Waals surface area contributed by atoms with E-state index < -0.39 is 0 Å². The van der Waals surface area contributed by atoms with Gasteiger partial charge in [0.15, 0.2) is 11.5 Å². The molecule has 3 aromatic rings. The van der Waals surface area contributed by atoms with Crippen molar-refractivity contribution in [3.63, 3.8) is 0 Å². The van der Waals surface area contributed by atoms with E-state index in [0.717, 1.165) is 45.5 Å². The summed E-state index contributed by atoms with van der Waals surface area (Å²) in [5, 5.41) is 14.1. The van der Waals surface area contributed by atoms with Gasteiger partial charge in [-0.15, -0.1) is 0 Å². The van der Waals surface area contributed by atoms with Gasteiger partial charge < -0.3 is 24.8 Å². The van der Waals surface area contributed by atoms with Crippen LogP contribution in [0.1, 0.15) is 43.0 Å². The molecule has 0 aromatic heterocycles. The van der Waals surface area contributed by atoms with Gasteiger partial charge in [-0.25, -0.2) is 4.39 Å². The van der Waals surface area contributed by atoms with E-state index in [-0.39, 0.29) is 17.1 Å². The fraction of sp³-hybridized carbons (Fsp3) is 0.258. The largest absolute Gasteiger partial charge is 0.504 e. The van der Waals surface area contributed by atoms with E-state index in [1.54, 1.807) is 32.3 Å². The number of methoxy groups -OCH3 is 1. The van der Waals surface area contributed by atoms with Crippen LogP contribution < -0.4 is 14.8 Å². The van der Waals surface area contributed by atoms with Gasteiger partial charge in [0.1, 0.15) is 17.3 Å². The number of hydrogen-bond acceptors (Lipinski definition) is 5. The van der Waals surface area contributed by atoms with Crippen LogP contribution in [-0.2, 0) is 4.79 Å². The minimum absolute atomic E-state index is 0.0526. The Balaban J connectivity index is 0.000000617. The summed E-state index contributed by atoms with van der Waals surface area (Å²) in [6.07, 6.45) is 4.90. The number of nitrogens with one attached hydrogen (secondary N) is 1. The Hall–Kier alpha value is -4.26. The zero-order valence-electron chi connectivity index (χ0n) is 22.8. The second kappa shape index (κ2) is 10.2. The van der Waals surface area contributed by atoms with Gasteiger partial charge in [0.2, 0.25) is 6.41 Å². The van der Waals surface area contributed by atoms with Crippen LogP contribution in [0.25, 0.3) is 28.5 Å². The van der Waals surface area contributed by atoms with E-state index in [0.29, 0.717) is 22.8 Å². The van der Waals surface area contributed by atoms with Gasteiger partial charge >= 0.3 is 0 Å². The van der Waals surface area contributed by atoms with Gasteiger partial charge in [-0.3, -0.25) is 4.79 Å². The van der Waals surface area contributed by atoms with Crippen LogP contribution in [0.15, 0.2) is 48.5 Å². The number of amides is 1. The Morgan fingerprint density at radius 2 is 1.76 bits per heavy atom. The number of aryl methyl sites for hydroxylation is 1. The summed E-state index contributed by atoms with van der Waals surface area (Å²) in [5.41, 5.74) is 7.19. The third-order valence-corrected chi connectivity index (χ3v) is 6.40. The van der Waals surface area contributed by atoms with Crippen molar-refractivity contribution in [2.75, 3.05) is 26.5 Å². The van der Waals surface area contributed by atoms with Crippen molar-refractivity contribution >= 4 is 29.5 Å². The Labute approximate surface area is 223 Å². The number of ether oxygens (including phenoxy) is 2. The van der Waals surface area contributed by atoms with Crippen LogP contribution in [0.2, 0.25) is 0 Å². The van der Waals surface area contributed by atoms with Crippen molar-refractivity contribution in [1.82, 2.24) is 4.90 Å². The van der Waals surface area contributed by atoms with E-state index in [4.69, 9.17) is 9.47 Å². The molecular weight excluding hydrogens is 483 g/mol. The highest BCUT2D eigenvalue weighted by Gasteiger charge is 2.33. The lowest BCUT2D eigenvalue weighted by molar-refractivity contribution is -0.115. The topological polar surface area (TPSA) is 71.0 Å². The molecular formula is C31H33FN2O4. The number of phenolic OH excluding ortho intramolecular Hbond substituents is 1. The molecule has 2 heterocycles. The van der Waals surface area contributed by atoms with Crippen molar-refractivity contribution in [3.05, 3.63) is 76.6 Å². The standard InChI is InChI=1S/C28H26FNO3.C3H7NO/c1-15-12-18(29)7-6-17(15)13-23-25-19(26-22(33-23)11-10-21(31)27(26)32-5)8-9-20-24(25)16(2)14-28(3,4)30-20;1-4(2)3-5/h6-14,30-31H,1-5H3;3H,1-2H3/b23-13-;. The fourth-order valence-corrected chi connectivity index (χ4v) is 4.89. The lowest BCUT2D eigenvalue weighted by Crippen LogP contribution is -2.32. The molecule has 0 aliphatic carbocycles. The molecule has 198 valence electrons. The number of benzene rings is 3. The van der Waals surface area contributed by atoms with Crippen LogP contribution in [0.5, 0.6) is 17.2 Å². The summed E-state index contributed by atoms with van der Waals surface area (Å²) in [7, 11) is 4.91. The minimum Gasteiger partial charge on any atom is -0.504 e. The molecule has 0 spiro atoms. The third-order valence-electron chi connectivity index (χ3n) is 6.40. The van der Waals surface area contributed by atoms with E-state index in [1.807, 2.05) is 19.1 Å². The Morgan fingerprint density at radius 3 is 2.39 bits per heavy atom. The number of anilines is 1. The van der Waals surface area contributed by atoms with E-state index in [2.05, 4.69) is 38.2 Å². The van der Waals surface area contributed by atoms with Crippen LogP contribution in [0.3, 0.4) is 0 Å². The molecule has 0 unspecified atom stereocenters. The molecule has 1 amide bonds. The van der Waals surface area contributed by atoms with Crippen LogP contribution in [0, 0.1) is 12.7 Å². The van der Waals surface area contributed by atoms with Gasteiger partial charge in [0.25, 0.3) is 0 Å². The molecule has 0 atom stereocenters. The summed E-state index contributed by atoms with van der Waals surface area (Å²) < 4.78 is 25.7. The Morgan fingerprint density at radius 1 is 1.05 bits per heavy atom. The first-order valence-corrected chi connectivity index (χ1v) is 12.3. The highest BCUT2D eigenvalue weighted by molar-refractivity contribution is 6.02. The molecule has 2 N–H and O–H groups in total. The van der Waals surface area contributed by atoms with Crippen molar-refractivity contribution in [3.8, 4) is 28.4 Å². The number of hydrogen-bond donors (Lipinski definition) is 2. The maximum absolute atomic E-state index is 13.7. The molecule has 5 rings (SSSR count).